The summed E-state index contributed by atoms with van der Waals surface area (Å²) < 4.78 is 24.6. The van der Waals surface area contributed by atoms with Crippen molar-refractivity contribution in [1.82, 2.24) is 4.90 Å². The number of benzene rings is 1. The standard InChI is InChI=1S/C11H14F2N2O3/c12-10(13)6-15(4-3-14)11(18)7-1-2-8(16)9(17)5-7/h1-2,5,10,16-17H,3-4,6,14H2. The quantitative estimate of drug-likeness (QED) is 0.682. The van der Waals surface area contributed by atoms with Gasteiger partial charge in [0.05, 0.1) is 6.54 Å². The minimum atomic E-state index is -2.66. The van der Waals surface area contributed by atoms with Crippen LogP contribution in [0, 0.1) is 0 Å². The highest BCUT2D eigenvalue weighted by Crippen LogP contribution is 2.25. The Bertz CT molecular complexity index is 427. The molecule has 1 aromatic rings. The van der Waals surface area contributed by atoms with E-state index in [1.165, 1.54) is 6.07 Å². The van der Waals surface area contributed by atoms with Gasteiger partial charge < -0.3 is 20.8 Å². The minimum absolute atomic E-state index is 0.00912. The molecule has 0 aliphatic carbocycles. The van der Waals surface area contributed by atoms with Gasteiger partial charge in [-0.1, -0.05) is 0 Å². The van der Waals surface area contributed by atoms with Crippen molar-refractivity contribution in [3.05, 3.63) is 23.8 Å². The lowest BCUT2D eigenvalue weighted by Gasteiger charge is -2.21. The number of nitrogens with zero attached hydrogens (tertiary/aromatic N) is 1. The highest BCUT2D eigenvalue weighted by molar-refractivity contribution is 5.94. The monoisotopic (exact) mass is 260 g/mol. The summed E-state index contributed by atoms with van der Waals surface area (Å²) in [7, 11) is 0. The lowest BCUT2D eigenvalue weighted by atomic mass is 10.1. The molecular weight excluding hydrogens is 246 g/mol. The summed E-state index contributed by atoms with van der Waals surface area (Å²) in [6.07, 6.45) is -2.66. The van der Waals surface area contributed by atoms with E-state index in [1.54, 1.807) is 0 Å². The molecule has 0 aliphatic heterocycles. The number of nitrogens with two attached hydrogens (primary N) is 1. The fraction of sp³-hybridized carbons (Fsp3) is 0.364. The first-order chi connectivity index (χ1) is 8.45. The summed E-state index contributed by atoms with van der Waals surface area (Å²) in [6, 6.07) is 3.38. The molecule has 0 fully saturated rings. The van der Waals surface area contributed by atoms with Crippen LogP contribution in [0.2, 0.25) is 0 Å². The predicted octanol–water partition coefficient (Wildman–Crippen LogP) is 0.764. The third-order valence-corrected chi connectivity index (χ3v) is 2.27. The normalized spacial score (nSPS) is 10.7. The van der Waals surface area contributed by atoms with Crippen LogP contribution in [0.25, 0.3) is 0 Å². The first-order valence-corrected chi connectivity index (χ1v) is 5.25. The molecule has 0 heterocycles. The second-order valence-corrected chi connectivity index (χ2v) is 3.63. The fourth-order valence-corrected chi connectivity index (χ4v) is 1.44. The number of rotatable bonds is 5. The molecule has 0 saturated heterocycles. The number of amides is 1. The maximum absolute atomic E-state index is 12.3. The molecule has 0 spiro atoms. The number of carbonyl (C=O) groups excluding carboxylic acids is 1. The van der Waals surface area contributed by atoms with Crippen LogP contribution in [-0.4, -0.2) is 47.1 Å². The first kappa shape index (κ1) is 14.2. The van der Waals surface area contributed by atoms with Gasteiger partial charge in [0, 0.05) is 18.7 Å². The van der Waals surface area contributed by atoms with Crippen LogP contribution in [0.4, 0.5) is 8.78 Å². The molecule has 0 bridgehead atoms. The molecule has 100 valence electrons. The number of phenolic OH excluding ortho intramolecular Hbond substituents is 2. The average molecular weight is 260 g/mol. The van der Waals surface area contributed by atoms with E-state index >= 15 is 0 Å². The summed E-state index contributed by atoms with van der Waals surface area (Å²) in [4.78, 5) is 12.8. The molecule has 7 heteroatoms. The predicted molar refractivity (Wildman–Crippen MR) is 60.7 cm³/mol. The lowest BCUT2D eigenvalue weighted by molar-refractivity contribution is 0.0562. The van der Waals surface area contributed by atoms with Crippen LogP contribution in [0.5, 0.6) is 11.5 Å². The largest absolute Gasteiger partial charge is 0.504 e. The molecule has 1 rings (SSSR count). The van der Waals surface area contributed by atoms with Crippen molar-refractivity contribution in [2.24, 2.45) is 5.73 Å². The highest BCUT2D eigenvalue weighted by atomic mass is 19.3. The van der Waals surface area contributed by atoms with Gasteiger partial charge >= 0.3 is 0 Å². The molecule has 0 aromatic heterocycles. The SMILES string of the molecule is NCCN(CC(F)F)C(=O)c1ccc(O)c(O)c1. The van der Waals surface area contributed by atoms with Crippen LogP contribution < -0.4 is 5.73 Å². The van der Waals surface area contributed by atoms with Crippen molar-refractivity contribution < 1.29 is 23.8 Å². The molecular formula is C11H14F2N2O3. The molecule has 0 atom stereocenters. The summed E-state index contributed by atoms with van der Waals surface area (Å²) in [5, 5.41) is 18.3. The van der Waals surface area contributed by atoms with Gasteiger partial charge in [0.15, 0.2) is 11.5 Å². The van der Waals surface area contributed by atoms with Gasteiger partial charge in [0.2, 0.25) is 0 Å². The smallest absolute Gasteiger partial charge is 0.255 e. The van der Waals surface area contributed by atoms with Gasteiger partial charge in [-0.25, -0.2) is 8.78 Å². The van der Waals surface area contributed by atoms with Crippen molar-refractivity contribution >= 4 is 5.91 Å². The van der Waals surface area contributed by atoms with Gasteiger partial charge in [-0.05, 0) is 18.2 Å². The third-order valence-electron chi connectivity index (χ3n) is 2.27. The number of halogens is 2. The van der Waals surface area contributed by atoms with Crippen LogP contribution in [0.1, 0.15) is 10.4 Å². The summed E-state index contributed by atoms with van der Waals surface area (Å²) in [5.74, 6) is -1.53. The number of carbonyl (C=O) groups is 1. The van der Waals surface area contributed by atoms with Gasteiger partial charge in [0.25, 0.3) is 12.3 Å². The number of hydrogen-bond donors (Lipinski definition) is 3. The van der Waals surface area contributed by atoms with Crippen molar-refractivity contribution in [3.63, 3.8) is 0 Å². The topological polar surface area (TPSA) is 86.8 Å². The Morgan fingerprint density at radius 1 is 1.33 bits per heavy atom. The Morgan fingerprint density at radius 3 is 2.50 bits per heavy atom. The van der Waals surface area contributed by atoms with E-state index < -0.39 is 24.6 Å². The molecule has 1 aromatic carbocycles. The van der Waals surface area contributed by atoms with E-state index in [9.17, 15) is 18.7 Å². The Hall–Kier alpha value is -1.89. The first-order valence-electron chi connectivity index (χ1n) is 5.25. The number of aromatic hydroxyl groups is 2. The molecule has 0 unspecified atom stereocenters. The number of phenols is 2. The van der Waals surface area contributed by atoms with Gasteiger partial charge in [-0.2, -0.15) is 0 Å². The van der Waals surface area contributed by atoms with E-state index in [4.69, 9.17) is 10.8 Å². The maximum atomic E-state index is 12.3. The summed E-state index contributed by atoms with van der Waals surface area (Å²) >= 11 is 0. The molecule has 0 radical (unpaired) electrons. The molecule has 5 nitrogen and oxygen atoms in total. The molecule has 1 amide bonds. The van der Waals surface area contributed by atoms with Gasteiger partial charge in [-0.3, -0.25) is 4.79 Å². The van der Waals surface area contributed by atoms with Gasteiger partial charge in [-0.15, -0.1) is 0 Å². The highest BCUT2D eigenvalue weighted by Gasteiger charge is 2.19. The van der Waals surface area contributed by atoms with Gasteiger partial charge in [0.1, 0.15) is 0 Å². The Kier molecular flexibility index (Phi) is 4.85. The van der Waals surface area contributed by atoms with Crippen molar-refractivity contribution in [1.29, 1.82) is 0 Å². The second-order valence-electron chi connectivity index (χ2n) is 3.63. The van der Waals surface area contributed by atoms with Crippen LogP contribution in [0.3, 0.4) is 0 Å². The van der Waals surface area contributed by atoms with E-state index in [2.05, 4.69) is 0 Å². The summed E-state index contributed by atoms with van der Waals surface area (Å²) in [6.45, 7) is -0.676. The van der Waals surface area contributed by atoms with E-state index in [-0.39, 0.29) is 24.4 Å². The second kappa shape index (κ2) is 6.15. The fourth-order valence-electron chi connectivity index (χ4n) is 1.44. The number of alkyl halides is 2. The van der Waals surface area contributed by atoms with E-state index in [0.717, 1.165) is 17.0 Å². The molecule has 0 saturated carbocycles. The molecule has 18 heavy (non-hydrogen) atoms. The lowest BCUT2D eigenvalue weighted by Crippen LogP contribution is -2.38. The van der Waals surface area contributed by atoms with E-state index in [0.29, 0.717) is 0 Å². The van der Waals surface area contributed by atoms with Crippen molar-refractivity contribution in [2.75, 3.05) is 19.6 Å². The molecule has 0 aliphatic rings. The maximum Gasteiger partial charge on any atom is 0.255 e. The Labute approximate surface area is 102 Å². The van der Waals surface area contributed by atoms with Crippen LogP contribution in [-0.2, 0) is 0 Å². The third kappa shape index (κ3) is 3.56. The van der Waals surface area contributed by atoms with Crippen LogP contribution >= 0.6 is 0 Å². The molecule has 4 N–H and O–H groups in total. The Morgan fingerprint density at radius 2 is 2.00 bits per heavy atom. The number of hydrogen-bond acceptors (Lipinski definition) is 4. The zero-order valence-electron chi connectivity index (χ0n) is 9.51. The summed E-state index contributed by atoms with van der Waals surface area (Å²) in [5.41, 5.74) is 5.26. The van der Waals surface area contributed by atoms with Crippen LogP contribution in [0.15, 0.2) is 18.2 Å². The minimum Gasteiger partial charge on any atom is -0.504 e. The average Bonchev–Trinajstić information content (AvgIpc) is 2.31. The Balaban J connectivity index is 2.90. The zero-order chi connectivity index (χ0) is 13.7. The van der Waals surface area contributed by atoms with Crippen molar-refractivity contribution in [2.45, 2.75) is 6.43 Å². The zero-order valence-corrected chi connectivity index (χ0v) is 9.51. The van der Waals surface area contributed by atoms with Crippen molar-refractivity contribution in [3.8, 4) is 11.5 Å². The van der Waals surface area contributed by atoms with E-state index in [1.807, 2.05) is 0 Å².